The fourth-order valence-corrected chi connectivity index (χ4v) is 4.04. The van der Waals surface area contributed by atoms with E-state index >= 15 is 0 Å². The predicted molar refractivity (Wildman–Crippen MR) is 73.8 cm³/mol. The van der Waals surface area contributed by atoms with Gasteiger partial charge >= 0.3 is 5.97 Å². The summed E-state index contributed by atoms with van der Waals surface area (Å²) in [6.07, 6.45) is 6.23. The van der Waals surface area contributed by atoms with Crippen molar-refractivity contribution in [2.24, 2.45) is 0 Å². The Labute approximate surface area is 123 Å². The minimum Gasteiger partial charge on any atom is -0.468 e. The standard InChI is InChI=1S/C15H21N3O3/c1-18-10-3-4-11(18)8-9(7-10)12-16-13(21-17-12)15(5-6-15)14(19)20-2/h9-11H,3-8H2,1-2H3. The topological polar surface area (TPSA) is 68.5 Å². The Kier molecular flexibility index (Phi) is 2.86. The first-order valence-electron chi connectivity index (χ1n) is 7.78. The molecule has 3 heterocycles. The van der Waals surface area contributed by atoms with Crippen molar-refractivity contribution in [3.8, 4) is 0 Å². The zero-order valence-electron chi connectivity index (χ0n) is 12.5. The van der Waals surface area contributed by atoms with Crippen LogP contribution in [-0.4, -0.2) is 47.3 Å². The SMILES string of the molecule is COC(=O)C1(c2nc(C3CC4CCC(C3)N4C)no2)CC1. The minimum absolute atomic E-state index is 0.249. The second-order valence-corrected chi connectivity index (χ2v) is 6.75. The van der Waals surface area contributed by atoms with E-state index in [1.807, 2.05) is 0 Å². The molecule has 6 heteroatoms. The van der Waals surface area contributed by atoms with Gasteiger partial charge in [0, 0.05) is 18.0 Å². The Hall–Kier alpha value is -1.43. The molecule has 1 aromatic heterocycles. The molecule has 2 atom stereocenters. The summed E-state index contributed by atoms with van der Waals surface area (Å²) in [6, 6.07) is 1.29. The summed E-state index contributed by atoms with van der Waals surface area (Å²) in [5, 5.41) is 4.17. The Morgan fingerprint density at radius 2 is 2.00 bits per heavy atom. The first-order chi connectivity index (χ1) is 10.1. The number of rotatable bonds is 3. The first kappa shape index (κ1) is 13.2. The molecule has 3 aliphatic rings. The van der Waals surface area contributed by atoms with Crippen LogP contribution in [0.15, 0.2) is 4.52 Å². The van der Waals surface area contributed by atoms with Gasteiger partial charge < -0.3 is 14.2 Å². The Morgan fingerprint density at radius 1 is 1.33 bits per heavy atom. The Bertz CT molecular complexity index is 552. The lowest BCUT2D eigenvalue weighted by atomic mass is 9.90. The van der Waals surface area contributed by atoms with Gasteiger partial charge in [-0.2, -0.15) is 4.98 Å². The molecule has 2 saturated heterocycles. The molecule has 2 bridgehead atoms. The van der Waals surface area contributed by atoms with E-state index in [-0.39, 0.29) is 5.97 Å². The van der Waals surface area contributed by atoms with Gasteiger partial charge in [-0.05, 0) is 45.6 Å². The third kappa shape index (κ3) is 1.92. The summed E-state index contributed by atoms with van der Waals surface area (Å²) in [5.74, 6) is 1.35. The van der Waals surface area contributed by atoms with E-state index in [1.54, 1.807) is 0 Å². The number of aromatic nitrogens is 2. The van der Waals surface area contributed by atoms with Crippen LogP contribution in [0.1, 0.15) is 56.2 Å². The van der Waals surface area contributed by atoms with Crippen molar-refractivity contribution in [3.63, 3.8) is 0 Å². The largest absolute Gasteiger partial charge is 0.468 e. The van der Waals surface area contributed by atoms with Crippen LogP contribution in [-0.2, 0) is 14.9 Å². The molecule has 4 rings (SSSR count). The van der Waals surface area contributed by atoms with Crippen LogP contribution in [0.25, 0.3) is 0 Å². The van der Waals surface area contributed by atoms with Crippen LogP contribution in [0.2, 0.25) is 0 Å². The Balaban J connectivity index is 1.55. The number of esters is 1. The average Bonchev–Trinajstić information content (AvgIpc) is 3.13. The van der Waals surface area contributed by atoms with E-state index in [0.717, 1.165) is 31.5 Å². The zero-order valence-corrected chi connectivity index (χ0v) is 12.5. The third-order valence-electron chi connectivity index (χ3n) is 5.64. The molecular formula is C15H21N3O3. The molecule has 2 unspecified atom stereocenters. The maximum atomic E-state index is 11.9. The normalized spacial score (nSPS) is 33.9. The number of fused-ring (bicyclic) bond motifs is 2. The highest BCUT2D eigenvalue weighted by Gasteiger charge is 2.57. The molecule has 6 nitrogen and oxygen atoms in total. The fourth-order valence-electron chi connectivity index (χ4n) is 4.04. The number of ether oxygens (including phenoxy) is 1. The quantitative estimate of drug-likeness (QED) is 0.788. The number of hydrogen-bond donors (Lipinski definition) is 0. The lowest BCUT2D eigenvalue weighted by Gasteiger charge is -2.34. The first-order valence-corrected chi connectivity index (χ1v) is 7.78. The van der Waals surface area contributed by atoms with Gasteiger partial charge in [0.1, 0.15) is 5.41 Å². The molecule has 0 N–H and O–H groups in total. The predicted octanol–water partition coefficient (Wildman–Crippen LogP) is 1.61. The zero-order chi connectivity index (χ0) is 14.6. The third-order valence-corrected chi connectivity index (χ3v) is 5.64. The molecule has 21 heavy (non-hydrogen) atoms. The lowest BCUT2D eigenvalue weighted by molar-refractivity contribution is -0.144. The molecule has 0 spiro atoms. The molecule has 2 aliphatic heterocycles. The van der Waals surface area contributed by atoms with Gasteiger partial charge in [-0.25, -0.2) is 0 Å². The van der Waals surface area contributed by atoms with Crippen LogP contribution in [0.5, 0.6) is 0 Å². The maximum Gasteiger partial charge on any atom is 0.321 e. The summed E-state index contributed by atoms with van der Waals surface area (Å²) in [4.78, 5) is 18.9. The van der Waals surface area contributed by atoms with Gasteiger partial charge in [-0.1, -0.05) is 5.16 Å². The Morgan fingerprint density at radius 3 is 2.57 bits per heavy atom. The second-order valence-electron chi connectivity index (χ2n) is 6.75. The highest BCUT2D eigenvalue weighted by Crippen LogP contribution is 2.49. The monoisotopic (exact) mass is 291 g/mol. The summed E-state index contributed by atoms with van der Waals surface area (Å²) < 4.78 is 10.3. The highest BCUT2D eigenvalue weighted by atomic mass is 16.5. The summed E-state index contributed by atoms with van der Waals surface area (Å²) >= 11 is 0. The number of carbonyl (C=O) groups is 1. The van der Waals surface area contributed by atoms with Crippen LogP contribution in [0.3, 0.4) is 0 Å². The average molecular weight is 291 g/mol. The van der Waals surface area contributed by atoms with E-state index in [9.17, 15) is 4.79 Å². The number of nitrogens with zero attached hydrogens (tertiary/aromatic N) is 3. The van der Waals surface area contributed by atoms with Gasteiger partial charge in [0.15, 0.2) is 5.82 Å². The molecule has 3 fully saturated rings. The molecule has 114 valence electrons. The van der Waals surface area contributed by atoms with Gasteiger partial charge in [-0.15, -0.1) is 0 Å². The van der Waals surface area contributed by atoms with Crippen LogP contribution < -0.4 is 0 Å². The van der Waals surface area contributed by atoms with Crippen molar-refractivity contribution < 1.29 is 14.1 Å². The molecular weight excluding hydrogens is 270 g/mol. The molecule has 1 aliphatic carbocycles. The number of hydrogen-bond acceptors (Lipinski definition) is 6. The van der Waals surface area contributed by atoms with E-state index in [0.29, 0.717) is 23.9 Å². The van der Waals surface area contributed by atoms with E-state index in [2.05, 4.69) is 22.1 Å². The summed E-state index contributed by atoms with van der Waals surface area (Å²) in [6.45, 7) is 0. The summed E-state index contributed by atoms with van der Waals surface area (Å²) in [7, 11) is 3.63. The van der Waals surface area contributed by atoms with E-state index < -0.39 is 5.41 Å². The van der Waals surface area contributed by atoms with Crippen molar-refractivity contribution in [1.82, 2.24) is 15.0 Å². The van der Waals surface area contributed by atoms with Crippen LogP contribution in [0.4, 0.5) is 0 Å². The van der Waals surface area contributed by atoms with Gasteiger partial charge in [0.25, 0.3) is 0 Å². The van der Waals surface area contributed by atoms with Crippen LogP contribution >= 0.6 is 0 Å². The minimum atomic E-state index is -0.648. The van der Waals surface area contributed by atoms with Gasteiger partial charge in [-0.3, -0.25) is 4.79 Å². The van der Waals surface area contributed by atoms with Crippen molar-refractivity contribution in [3.05, 3.63) is 11.7 Å². The van der Waals surface area contributed by atoms with Crippen molar-refractivity contribution in [2.45, 2.75) is 61.9 Å². The molecule has 1 saturated carbocycles. The van der Waals surface area contributed by atoms with E-state index in [1.165, 1.54) is 20.0 Å². The molecule has 0 radical (unpaired) electrons. The summed E-state index contributed by atoms with van der Waals surface area (Å²) in [5.41, 5.74) is -0.648. The van der Waals surface area contributed by atoms with E-state index in [4.69, 9.17) is 9.26 Å². The van der Waals surface area contributed by atoms with Crippen molar-refractivity contribution >= 4 is 5.97 Å². The molecule has 0 aromatic carbocycles. The van der Waals surface area contributed by atoms with Gasteiger partial charge in [0.05, 0.1) is 7.11 Å². The van der Waals surface area contributed by atoms with Crippen LogP contribution in [0, 0.1) is 0 Å². The second kappa shape index (κ2) is 4.53. The fraction of sp³-hybridized carbons (Fsp3) is 0.800. The van der Waals surface area contributed by atoms with Gasteiger partial charge in [0.2, 0.25) is 5.89 Å². The smallest absolute Gasteiger partial charge is 0.321 e. The highest BCUT2D eigenvalue weighted by molar-refractivity contribution is 5.85. The maximum absolute atomic E-state index is 11.9. The van der Waals surface area contributed by atoms with Crippen molar-refractivity contribution in [1.29, 1.82) is 0 Å². The lowest BCUT2D eigenvalue weighted by Crippen LogP contribution is -2.39. The number of methoxy groups -OCH3 is 1. The van der Waals surface area contributed by atoms with Crippen molar-refractivity contribution in [2.75, 3.05) is 14.2 Å². The number of piperidine rings is 1. The molecule has 0 amide bonds. The number of carbonyl (C=O) groups excluding carboxylic acids is 1. The molecule has 1 aromatic rings.